The van der Waals surface area contributed by atoms with Gasteiger partial charge in [0.25, 0.3) is 5.82 Å². The van der Waals surface area contributed by atoms with E-state index in [0.717, 1.165) is 28.4 Å². The van der Waals surface area contributed by atoms with Crippen molar-refractivity contribution in [3.8, 4) is 0 Å². The number of rotatable bonds is 5. The lowest BCUT2D eigenvalue weighted by molar-refractivity contribution is -0.147. The molecule has 1 atom stereocenters. The highest BCUT2D eigenvalue weighted by atomic mass is 79.9. The minimum Gasteiger partial charge on any atom is -0.480 e. The van der Waals surface area contributed by atoms with Crippen LogP contribution in [-0.2, 0) is 10.9 Å². The van der Waals surface area contributed by atoms with Crippen molar-refractivity contribution in [2.75, 3.05) is 11.9 Å². The van der Waals surface area contributed by atoms with E-state index in [1.165, 1.54) is 0 Å². The van der Waals surface area contributed by atoms with Crippen LogP contribution in [0.25, 0.3) is 0 Å². The summed E-state index contributed by atoms with van der Waals surface area (Å²) in [4.78, 5) is 0. The van der Waals surface area contributed by atoms with E-state index < -0.39 is 12.0 Å². The summed E-state index contributed by atoms with van der Waals surface area (Å²) in [6, 6.07) is 9.23. The molecule has 5 nitrogen and oxygen atoms in total. The van der Waals surface area contributed by atoms with E-state index >= 15 is 0 Å². The maximum absolute atomic E-state index is 13.2. The molecule has 0 radical (unpaired) electrons. The van der Waals surface area contributed by atoms with Crippen LogP contribution in [0.1, 0.15) is 42.4 Å². The molecule has 0 saturated carbocycles. The minimum absolute atomic E-state index is 0.173. The average molecular weight is 417 g/mol. The molecule has 2 heterocycles. The second kappa shape index (κ2) is 7.55. The predicted molar refractivity (Wildman–Crippen MR) is 89.7 cm³/mol. The number of hydrogen-bond acceptors (Lipinski definition) is 4. The first-order chi connectivity index (χ1) is 12.0. The lowest BCUT2D eigenvalue weighted by Crippen LogP contribution is -2.24. The van der Waals surface area contributed by atoms with E-state index in [0.29, 0.717) is 13.0 Å². The molecule has 1 aliphatic rings. The van der Waals surface area contributed by atoms with Crippen molar-refractivity contribution < 1.29 is 17.9 Å². The number of aromatic nitrogens is 3. The third kappa shape index (κ3) is 4.02. The van der Waals surface area contributed by atoms with Crippen LogP contribution in [0.15, 0.2) is 35.4 Å². The molecular weight excluding hydrogens is 401 g/mol. The number of benzene rings is 1. The Hall–Kier alpha value is -1.90. The molecule has 1 unspecified atom stereocenters. The van der Waals surface area contributed by atoms with E-state index in [9.17, 15) is 13.2 Å². The Kier molecular flexibility index (Phi) is 5.41. The summed E-state index contributed by atoms with van der Waals surface area (Å²) in [6.07, 6.45) is -2.56. The third-order valence-corrected chi connectivity index (χ3v) is 4.38. The molecule has 3 rings (SSSR count). The van der Waals surface area contributed by atoms with Crippen molar-refractivity contribution in [2.45, 2.75) is 31.4 Å². The first-order valence-electron chi connectivity index (χ1n) is 7.84. The largest absolute Gasteiger partial charge is 0.480 e. The number of unbranched alkanes of at least 4 members (excludes halogenated alkanes) is 1. The molecule has 134 valence electrons. The molecule has 9 heteroatoms. The van der Waals surface area contributed by atoms with Gasteiger partial charge in [0.1, 0.15) is 0 Å². The fourth-order valence-electron chi connectivity index (χ4n) is 2.63. The zero-order valence-electron chi connectivity index (χ0n) is 13.2. The molecule has 0 N–H and O–H groups in total. The van der Waals surface area contributed by atoms with Gasteiger partial charge in [-0.1, -0.05) is 46.3 Å². The van der Waals surface area contributed by atoms with Gasteiger partial charge in [0.05, 0.1) is 12.5 Å². The lowest BCUT2D eigenvalue weighted by Gasteiger charge is -2.23. The first kappa shape index (κ1) is 17.9. The molecule has 0 bridgehead atoms. The summed E-state index contributed by atoms with van der Waals surface area (Å²) >= 11 is 3.33. The van der Waals surface area contributed by atoms with Crippen molar-refractivity contribution in [1.29, 1.82) is 0 Å². The van der Waals surface area contributed by atoms with E-state index in [2.05, 4.69) is 31.2 Å². The standard InChI is InChI=1S/C16H16BrF3N4O/c17-8-4-5-9-25-13-10-12(11-6-2-1-3-7-11)14-21-22-15(16(18,19)20)24(14)23-13/h1-3,6-7,12H,4-5,8-10H2. The number of nitrogens with zero attached hydrogens (tertiary/aromatic N) is 4. The average Bonchev–Trinajstić information content (AvgIpc) is 3.03. The molecule has 0 saturated heterocycles. The van der Waals surface area contributed by atoms with Gasteiger partial charge in [0, 0.05) is 11.8 Å². The van der Waals surface area contributed by atoms with Gasteiger partial charge in [-0.15, -0.1) is 15.3 Å². The van der Waals surface area contributed by atoms with Crippen LogP contribution in [0.4, 0.5) is 13.2 Å². The Morgan fingerprint density at radius 1 is 1.16 bits per heavy atom. The summed E-state index contributed by atoms with van der Waals surface area (Å²) in [7, 11) is 0. The second-order valence-electron chi connectivity index (χ2n) is 5.60. The van der Waals surface area contributed by atoms with Gasteiger partial charge in [0.15, 0.2) is 5.82 Å². The minimum atomic E-state index is -4.63. The molecule has 0 spiro atoms. The smallest absolute Gasteiger partial charge is 0.453 e. The van der Waals surface area contributed by atoms with Crippen LogP contribution >= 0.6 is 15.9 Å². The SMILES string of the molecule is FC(F)(F)c1nnc2n1N=C(OCCCCBr)CC2c1ccccc1. The third-order valence-electron chi connectivity index (χ3n) is 3.82. The van der Waals surface area contributed by atoms with Gasteiger partial charge in [-0.25, -0.2) is 0 Å². The Bertz CT molecular complexity index is 746. The highest BCUT2D eigenvalue weighted by molar-refractivity contribution is 9.09. The normalized spacial score (nSPS) is 17.1. The predicted octanol–water partition coefficient (Wildman–Crippen LogP) is 4.19. The van der Waals surface area contributed by atoms with Crippen molar-refractivity contribution in [2.24, 2.45) is 5.10 Å². The van der Waals surface area contributed by atoms with Crippen LogP contribution < -0.4 is 0 Å². The van der Waals surface area contributed by atoms with E-state index in [1.54, 1.807) is 0 Å². The monoisotopic (exact) mass is 416 g/mol. The van der Waals surface area contributed by atoms with Gasteiger partial charge in [-0.05, 0) is 18.4 Å². The van der Waals surface area contributed by atoms with Gasteiger partial charge in [0.2, 0.25) is 5.90 Å². The summed E-state index contributed by atoms with van der Waals surface area (Å²) in [6.45, 7) is 0.407. The first-order valence-corrected chi connectivity index (χ1v) is 8.97. The van der Waals surface area contributed by atoms with Crippen LogP contribution in [0.5, 0.6) is 0 Å². The maximum atomic E-state index is 13.2. The molecule has 1 aliphatic heterocycles. The fraction of sp³-hybridized carbons (Fsp3) is 0.438. The summed E-state index contributed by atoms with van der Waals surface area (Å²) in [5, 5.41) is 11.9. The fourth-order valence-corrected chi connectivity index (χ4v) is 3.03. The van der Waals surface area contributed by atoms with Gasteiger partial charge in [-0.2, -0.15) is 17.8 Å². The summed E-state index contributed by atoms with van der Waals surface area (Å²) < 4.78 is 45.9. The van der Waals surface area contributed by atoms with Crippen LogP contribution in [0, 0.1) is 0 Å². The number of fused-ring (bicyclic) bond motifs is 1. The Labute approximate surface area is 151 Å². The Balaban J connectivity index is 1.94. The number of ether oxygens (including phenoxy) is 1. The van der Waals surface area contributed by atoms with Gasteiger partial charge < -0.3 is 4.74 Å². The maximum Gasteiger partial charge on any atom is 0.453 e. The number of alkyl halides is 4. The van der Waals surface area contributed by atoms with Crippen molar-refractivity contribution >= 4 is 21.8 Å². The zero-order chi connectivity index (χ0) is 17.9. The van der Waals surface area contributed by atoms with Gasteiger partial charge >= 0.3 is 6.18 Å². The molecule has 25 heavy (non-hydrogen) atoms. The molecule has 0 aliphatic carbocycles. The van der Waals surface area contributed by atoms with Gasteiger partial charge in [-0.3, -0.25) is 0 Å². The zero-order valence-corrected chi connectivity index (χ0v) is 14.8. The highest BCUT2D eigenvalue weighted by Crippen LogP contribution is 2.35. The van der Waals surface area contributed by atoms with Crippen LogP contribution in [-0.4, -0.2) is 32.7 Å². The number of halogens is 4. The van der Waals surface area contributed by atoms with E-state index in [-0.39, 0.29) is 17.6 Å². The lowest BCUT2D eigenvalue weighted by atomic mass is 9.94. The van der Waals surface area contributed by atoms with Crippen LogP contribution in [0.2, 0.25) is 0 Å². The Morgan fingerprint density at radius 3 is 2.60 bits per heavy atom. The Morgan fingerprint density at radius 2 is 1.92 bits per heavy atom. The molecule has 0 fully saturated rings. The van der Waals surface area contributed by atoms with E-state index in [4.69, 9.17) is 4.74 Å². The number of hydrogen-bond donors (Lipinski definition) is 0. The van der Waals surface area contributed by atoms with E-state index in [1.807, 2.05) is 30.3 Å². The molecule has 0 amide bonds. The topological polar surface area (TPSA) is 52.3 Å². The molecular formula is C16H16BrF3N4O. The second-order valence-corrected chi connectivity index (χ2v) is 6.39. The van der Waals surface area contributed by atoms with Crippen LogP contribution in [0.3, 0.4) is 0 Å². The molecule has 2 aromatic rings. The summed E-state index contributed by atoms with van der Waals surface area (Å²) in [5.74, 6) is -1.08. The van der Waals surface area contributed by atoms with Crippen molar-refractivity contribution in [1.82, 2.24) is 14.9 Å². The van der Waals surface area contributed by atoms with Crippen molar-refractivity contribution in [3.05, 3.63) is 47.5 Å². The molecule has 1 aromatic heterocycles. The quantitative estimate of drug-likeness (QED) is 0.542. The van der Waals surface area contributed by atoms with Crippen molar-refractivity contribution in [3.63, 3.8) is 0 Å². The molecule has 1 aromatic carbocycles. The summed E-state index contributed by atoms with van der Waals surface area (Å²) in [5.41, 5.74) is 0.848. The highest BCUT2D eigenvalue weighted by Gasteiger charge is 2.41.